The van der Waals surface area contributed by atoms with Gasteiger partial charge in [-0.1, -0.05) is 46.9 Å². The Bertz CT molecular complexity index is 1360. The third kappa shape index (κ3) is 3.76. The maximum Gasteiger partial charge on any atom is 0.332 e. The van der Waals surface area contributed by atoms with Crippen LogP contribution in [-0.2, 0) is 4.79 Å². The second kappa shape index (κ2) is 8.68. The van der Waals surface area contributed by atoms with E-state index in [2.05, 4.69) is 16.3 Å². The summed E-state index contributed by atoms with van der Waals surface area (Å²) in [5, 5.41) is 18.2. The summed E-state index contributed by atoms with van der Waals surface area (Å²) >= 11 is 18.3. The molecular weight excluding hydrogens is 511 g/mol. The summed E-state index contributed by atoms with van der Waals surface area (Å²) in [7, 11) is 1.61. The van der Waals surface area contributed by atoms with Crippen molar-refractivity contribution in [1.82, 2.24) is 15.1 Å². The molecule has 0 aliphatic carbocycles. The minimum atomic E-state index is -1.25. The van der Waals surface area contributed by atoms with Gasteiger partial charge in [0.1, 0.15) is 5.54 Å². The quantitative estimate of drug-likeness (QED) is 0.456. The van der Waals surface area contributed by atoms with E-state index in [0.29, 0.717) is 33.7 Å². The van der Waals surface area contributed by atoms with Gasteiger partial charge in [-0.3, -0.25) is 4.79 Å². The Hall–Kier alpha value is -3.38. The van der Waals surface area contributed by atoms with Crippen LogP contribution in [0.1, 0.15) is 17.0 Å². The molecule has 0 N–H and O–H groups in total. The highest BCUT2D eigenvalue weighted by molar-refractivity contribution is 6.36. The molecule has 0 saturated carbocycles. The first-order valence-electron chi connectivity index (χ1n) is 10.6. The van der Waals surface area contributed by atoms with E-state index in [0.717, 1.165) is 10.5 Å². The second-order valence-electron chi connectivity index (χ2n) is 8.42. The van der Waals surface area contributed by atoms with Crippen LogP contribution in [0.5, 0.6) is 0 Å². The Morgan fingerprint density at radius 1 is 1.00 bits per heavy atom. The third-order valence-corrected chi connectivity index (χ3v) is 7.19. The van der Waals surface area contributed by atoms with Gasteiger partial charge in [0, 0.05) is 29.6 Å². The first-order chi connectivity index (χ1) is 16.7. The van der Waals surface area contributed by atoms with Gasteiger partial charge in [-0.05, 0) is 48.0 Å². The lowest BCUT2D eigenvalue weighted by molar-refractivity contribution is -0.124. The Balaban J connectivity index is 1.63. The maximum atomic E-state index is 14.2. The van der Waals surface area contributed by atoms with E-state index >= 15 is 0 Å². The number of hydrogen-bond donors (Lipinski definition) is 0. The molecule has 0 unspecified atom stereocenters. The van der Waals surface area contributed by atoms with Crippen molar-refractivity contribution in [3.8, 4) is 6.07 Å². The molecule has 2 aromatic carbocycles. The van der Waals surface area contributed by atoms with Crippen molar-refractivity contribution in [3.63, 3.8) is 0 Å². The van der Waals surface area contributed by atoms with Crippen molar-refractivity contribution in [2.24, 2.45) is 0 Å². The molecule has 2 aliphatic heterocycles. The zero-order valence-corrected chi connectivity index (χ0v) is 20.6. The van der Waals surface area contributed by atoms with E-state index in [1.807, 2.05) is 17.0 Å². The number of imide groups is 1. The van der Waals surface area contributed by atoms with Crippen molar-refractivity contribution in [2.75, 3.05) is 29.9 Å². The summed E-state index contributed by atoms with van der Waals surface area (Å²) in [4.78, 5) is 32.1. The first-order valence-corrected chi connectivity index (χ1v) is 11.7. The zero-order valence-electron chi connectivity index (χ0n) is 18.3. The highest BCUT2D eigenvalue weighted by Gasteiger charge is 2.64. The number of aromatic nitrogens is 2. The minimum Gasteiger partial charge on any atom is -0.351 e. The molecule has 1 aromatic heterocycles. The van der Waals surface area contributed by atoms with Crippen LogP contribution in [0.15, 0.2) is 54.6 Å². The van der Waals surface area contributed by atoms with Gasteiger partial charge < -0.3 is 9.80 Å². The molecule has 3 aromatic rings. The average molecular weight is 528 g/mol. The van der Waals surface area contributed by atoms with Crippen LogP contribution in [0.3, 0.4) is 0 Å². The van der Waals surface area contributed by atoms with Gasteiger partial charge in [0.2, 0.25) is 0 Å². The molecule has 0 radical (unpaired) electrons. The number of amides is 3. The summed E-state index contributed by atoms with van der Waals surface area (Å²) in [6.07, 6.45) is 0. The minimum absolute atomic E-state index is 0.180. The van der Waals surface area contributed by atoms with Gasteiger partial charge in [0.15, 0.2) is 11.0 Å². The smallest absolute Gasteiger partial charge is 0.332 e. The number of hydrogen-bond acceptors (Lipinski definition) is 6. The van der Waals surface area contributed by atoms with E-state index in [4.69, 9.17) is 34.8 Å². The summed E-state index contributed by atoms with van der Waals surface area (Å²) < 4.78 is 0. The molecule has 3 heterocycles. The molecule has 3 amide bonds. The van der Waals surface area contributed by atoms with Crippen LogP contribution in [0, 0.1) is 11.3 Å². The van der Waals surface area contributed by atoms with E-state index < -0.39 is 23.4 Å². The SMILES string of the molecule is CN1C(=O)N(c2cc(Cl)cc(Cl)c2)C(=O)[C@]12CN(c1ccc(Cl)nn1)C[C@@H]2c1ccc(C#N)cc1. The number of nitriles is 1. The van der Waals surface area contributed by atoms with Crippen molar-refractivity contribution in [2.45, 2.75) is 11.5 Å². The Kier molecular flexibility index (Phi) is 5.80. The third-order valence-electron chi connectivity index (χ3n) is 6.55. The molecule has 2 atom stereocenters. The summed E-state index contributed by atoms with van der Waals surface area (Å²) in [6.45, 7) is 0.565. The second-order valence-corrected chi connectivity index (χ2v) is 9.68. The highest BCUT2D eigenvalue weighted by Crippen LogP contribution is 2.47. The van der Waals surface area contributed by atoms with Crippen LogP contribution in [-0.4, -0.2) is 52.7 Å². The molecule has 0 bridgehead atoms. The number of halogens is 3. The van der Waals surface area contributed by atoms with E-state index in [1.165, 1.54) is 23.1 Å². The predicted molar refractivity (Wildman–Crippen MR) is 133 cm³/mol. The van der Waals surface area contributed by atoms with Gasteiger partial charge in [-0.15, -0.1) is 10.2 Å². The lowest BCUT2D eigenvalue weighted by atomic mass is 9.80. The van der Waals surface area contributed by atoms with Crippen molar-refractivity contribution < 1.29 is 9.59 Å². The lowest BCUT2D eigenvalue weighted by Crippen LogP contribution is -2.53. The summed E-state index contributed by atoms with van der Waals surface area (Å²) in [6, 6.07) is 16.6. The van der Waals surface area contributed by atoms with Crippen LogP contribution in [0.4, 0.5) is 16.3 Å². The van der Waals surface area contributed by atoms with Crippen LogP contribution in [0.2, 0.25) is 15.2 Å². The largest absolute Gasteiger partial charge is 0.351 e. The van der Waals surface area contributed by atoms with Gasteiger partial charge in [-0.2, -0.15) is 5.26 Å². The summed E-state index contributed by atoms with van der Waals surface area (Å²) in [5.74, 6) is -0.293. The lowest BCUT2D eigenvalue weighted by Gasteiger charge is -2.33. The molecule has 1 spiro atoms. The molecule has 176 valence electrons. The van der Waals surface area contributed by atoms with Gasteiger partial charge in [0.05, 0.1) is 23.9 Å². The standard InChI is InChI=1S/C24H17Cl3N6O2/c1-31-23(35)33(18-9-16(25)8-17(26)10-18)22(34)24(31)13-32(21-7-6-20(27)29-30-21)12-19(24)15-4-2-14(11-28)3-5-15/h2-10,19H,12-13H2,1H3/t19-,24-/m1/s1. The molecular formula is C24H17Cl3N6O2. The van der Waals surface area contributed by atoms with Crippen molar-refractivity contribution >= 4 is 58.2 Å². The topological polar surface area (TPSA) is 93.4 Å². The van der Waals surface area contributed by atoms with Gasteiger partial charge in [-0.25, -0.2) is 9.69 Å². The van der Waals surface area contributed by atoms with E-state index in [9.17, 15) is 14.9 Å². The number of carbonyl (C=O) groups excluding carboxylic acids is 2. The maximum absolute atomic E-state index is 14.2. The van der Waals surface area contributed by atoms with Crippen LogP contribution in [0.25, 0.3) is 0 Å². The fourth-order valence-electron chi connectivity index (χ4n) is 4.86. The van der Waals surface area contributed by atoms with Crippen molar-refractivity contribution in [3.05, 3.63) is 80.9 Å². The van der Waals surface area contributed by atoms with E-state index in [1.54, 1.807) is 31.3 Å². The number of rotatable bonds is 3. The highest BCUT2D eigenvalue weighted by atomic mass is 35.5. The molecule has 8 nitrogen and oxygen atoms in total. The van der Waals surface area contributed by atoms with Crippen molar-refractivity contribution in [1.29, 1.82) is 5.26 Å². The average Bonchev–Trinajstić information content (AvgIpc) is 3.32. The normalized spacial score (nSPS) is 21.8. The van der Waals surface area contributed by atoms with E-state index in [-0.39, 0.29) is 11.7 Å². The van der Waals surface area contributed by atoms with Gasteiger partial charge in [0.25, 0.3) is 5.91 Å². The predicted octanol–water partition coefficient (Wildman–Crippen LogP) is 4.75. The number of benzene rings is 2. The number of carbonyl (C=O) groups is 2. The number of urea groups is 1. The number of anilines is 2. The van der Waals surface area contributed by atoms with Gasteiger partial charge >= 0.3 is 6.03 Å². The Morgan fingerprint density at radius 2 is 1.69 bits per heavy atom. The molecule has 11 heteroatoms. The zero-order chi connectivity index (χ0) is 24.9. The Morgan fingerprint density at radius 3 is 2.29 bits per heavy atom. The molecule has 2 fully saturated rings. The molecule has 2 saturated heterocycles. The molecule has 2 aliphatic rings. The Labute approximate surface area is 216 Å². The fourth-order valence-corrected chi connectivity index (χ4v) is 5.47. The first kappa shape index (κ1) is 23.4. The fraction of sp³-hybridized carbons (Fsp3) is 0.208. The monoisotopic (exact) mass is 526 g/mol. The molecule has 5 rings (SSSR count). The van der Waals surface area contributed by atoms with Crippen LogP contribution >= 0.6 is 34.8 Å². The number of likely N-dealkylation sites (N-methyl/N-ethyl adjacent to an activating group) is 1. The summed E-state index contributed by atoms with van der Waals surface area (Å²) in [5.41, 5.74) is 0.358. The molecule has 35 heavy (non-hydrogen) atoms. The number of nitrogens with zero attached hydrogens (tertiary/aromatic N) is 6. The van der Waals surface area contributed by atoms with Crippen LogP contribution < -0.4 is 9.80 Å².